The Labute approximate surface area is 101 Å². The van der Waals surface area contributed by atoms with Crippen LogP contribution in [0.2, 0.25) is 0 Å². The highest BCUT2D eigenvalue weighted by Gasteiger charge is 2.19. The SMILES string of the molecule is CC(C)(C)c1cc(C[C@H](N)C(=O)O)ccc1O. The minimum atomic E-state index is -1.02. The first kappa shape index (κ1) is 13.5. The number of benzene rings is 1. The Morgan fingerprint density at radius 2 is 2.00 bits per heavy atom. The average molecular weight is 237 g/mol. The van der Waals surface area contributed by atoms with E-state index in [9.17, 15) is 9.90 Å². The summed E-state index contributed by atoms with van der Waals surface area (Å²) in [5.74, 6) is -0.791. The van der Waals surface area contributed by atoms with Gasteiger partial charge in [-0.1, -0.05) is 32.9 Å². The van der Waals surface area contributed by atoms with Crippen molar-refractivity contribution >= 4 is 5.97 Å². The number of phenols is 1. The molecule has 0 aliphatic carbocycles. The quantitative estimate of drug-likeness (QED) is 0.746. The van der Waals surface area contributed by atoms with Gasteiger partial charge in [-0.05, 0) is 29.0 Å². The molecule has 0 fully saturated rings. The summed E-state index contributed by atoms with van der Waals surface area (Å²) in [6.45, 7) is 5.97. The van der Waals surface area contributed by atoms with E-state index in [-0.39, 0.29) is 17.6 Å². The van der Waals surface area contributed by atoms with Crippen LogP contribution in [0.5, 0.6) is 5.75 Å². The molecule has 0 radical (unpaired) electrons. The van der Waals surface area contributed by atoms with E-state index in [2.05, 4.69) is 0 Å². The lowest BCUT2D eigenvalue weighted by atomic mass is 9.85. The maximum atomic E-state index is 10.7. The molecule has 1 aromatic carbocycles. The van der Waals surface area contributed by atoms with Crippen LogP contribution in [0.4, 0.5) is 0 Å². The topological polar surface area (TPSA) is 83.6 Å². The molecule has 0 saturated carbocycles. The van der Waals surface area contributed by atoms with Gasteiger partial charge in [0.1, 0.15) is 11.8 Å². The lowest BCUT2D eigenvalue weighted by molar-refractivity contribution is -0.138. The zero-order chi connectivity index (χ0) is 13.2. The molecule has 0 heterocycles. The minimum absolute atomic E-state index is 0.187. The van der Waals surface area contributed by atoms with Crippen LogP contribution in [0, 0.1) is 0 Å². The van der Waals surface area contributed by atoms with Crippen LogP contribution >= 0.6 is 0 Å². The van der Waals surface area contributed by atoms with E-state index in [1.165, 1.54) is 0 Å². The fourth-order valence-electron chi connectivity index (χ4n) is 1.65. The van der Waals surface area contributed by atoms with Gasteiger partial charge in [0.15, 0.2) is 0 Å². The second kappa shape index (κ2) is 4.75. The number of carboxylic acid groups (broad SMARTS) is 1. The number of carboxylic acids is 1. The van der Waals surface area contributed by atoms with Crippen molar-refractivity contribution < 1.29 is 15.0 Å². The van der Waals surface area contributed by atoms with E-state index >= 15 is 0 Å². The number of aliphatic carboxylic acids is 1. The first-order valence-corrected chi connectivity index (χ1v) is 5.52. The van der Waals surface area contributed by atoms with Crippen LogP contribution in [0.1, 0.15) is 31.9 Å². The van der Waals surface area contributed by atoms with E-state index in [0.29, 0.717) is 0 Å². The predicted molar refractivity (Wildman–Crippen MR) is 66.1 cm³/mol. The summed E-state index contributed by atoms with van der Waals surface area (Å²) in [6, 6.07) is 4.20. The van der Waals surface area contributed by atoms with Crippen molar-refractivity contribution in [3.05, 3.63) is 29.3 Å². The highest BCUT2D eigenvalue weighted by molar-refractivity contribution is 5.73. The minimum Gasteiger partial charge on any atom is -0.508 e. The van der Waals surface area contributed by atoms with Gasteiger partial charge in [0.25, 0.3) is 0 Å². The Bertz CT molecular complexity index is 421. The molecule has 1 rings (SSSR count). The summed E-state index contributed by atoms with van der Waals surface area (Å²) in [4.78, 5) is 10.7. The van der Waals surface area contributed by atoms with E-state index in [1.807, 2.05) is 26.8 Å². The summed E-state index contributed by atoms with van der Waals surface area (Å²) in [5, 5.41) is 18.5. The predicted octanol–water partition coefficient (Wildman–Crippen LogP) is 1.64. The molecule has 0 bridgehead atoms. The van der Waals surface area contributed by atoms with Crippen molar-refractivity contribution in [1.82, 2.24) is 0 Å². The summed E-state index contributed by atoms with van der Waals surface area (Å²) in [7, 11) is 0. The number of hydrogen-bond acceptors (Lipinski definition) is 3. The zero-order valence-electron chi connectivity index (χ0n) is 10.4. The highest BCUT2D eigenvalue weighted by atomic mass is 16.4. The van der Waals surface area contributed by atoms with Gasteiger partial charge in [-0.15, -0.1) is 0 Å². The molecular weight excluding hydrogens is 218 g/mol. The summed E-state index contributed by atoms with van der Waals surface area (Å²) >= 11 is 0. The number of hydrogen-bond donors (Lipinski definition) is 3. The van der Waals surface area contributed by atoms with E-state index < -0.39 is 12.0 Å². The van der Waals surface area contributed by atoms with Gasteiger partial charge in [-0.25, -0.2) is 0 Å². The summed E-state index contributed by atoms with van der Waals surface area (Å²) in [6.07, 6.45) is 0.263. The van der Waals surface area contributed by atoms with Gasteiger partial charge in [0.05, 0.1) is 0 Å². The molecule has 0 unspecified atom stereocenters. The third-order valence-corrected chi connectivity index (χ3v) is 2.64. The molecule has 0 spiro atoms. The fourth-order valence-corrected chi connectivity index (χ4v) is 1.65. The van der Waals surface area contributed by atoms with Gasteiger partial charge >= 0.3 is 5.97 Å². The Morgan fingerprint density at radius 1 is 1.41 bits per heavy atom. The number of rotatable bonds is 3. The van der Waals surface area contributed by atoms with Crippen LogP contribution in [-0.2, 0) is 16.6 Å². The van der Waals surface area contributed by atoms with Gasteiger partial charge in [-0.3, -0.25) is 4.79 Å². The fraction of sp³-hybridized carbons (Fsp3) is 0.462. The van der Waals surface area contributed by atoms with Crippen LogP contribution in [0.3, 0.4) is 0 Å². The van der Waals surface area contributed by atoms with Gasteiger partial charge in [-0.2, -0.15) is 0 Å². The average Bonchev–Trinajstić information content (AvgIpc) is 2.19. The van der Waals surface area contributed by atoms with E-state index in [1.54, 1.807) is 12.1 Å². The Hall–Kier alpha value is -1.55. The van der Waals surface area contributed by atoms with Crippen LogP contribution in [0.15, 0.2) is 18.2 Å². The van der Waals surface area contributed by atoms with Crippen molar-refractivity contribution in [1.29, 1.82) is 0 Å². The number of carbonyl (C=O) groups is 1. The summed E-state index contributed by atoms with van der Waals surface area (Å²) < 4.78 is 0. The van der Waals surface area contributed by atoms with Crippen LogP contribution in [0.25, 0.3) is 0 Å². The maximum absolute atomic E-state index is 10.7. The third kappa shape index (κ3) is 3.46. The highest BCUT2D eigenvalue weighted by Crippen LogP contribution is 2.31. The van der Waals surface area contributed by atoms with Crippen molar-refractivity contribution in [2.75, 3.05) is 0 Å². The molecular formula is C13H19NO3. The molecule has 94 valence electrons. The van der Waals surface area contributed by atoms with Gasteiger partial charge in [0.2, 0.25) is 0 Å². The van der Waals surface area contributed by atoms with Crippen molar-refractivity contribution in [2.45, 2.75) is 38.6 Å². The van der Waals surface area contributed by atoms with E-state index in [4.69, 9.17) is 10.8 Å². The third-order valence-electron chi connectivity index (χ3n) is 2.64. The molecule has 4 nitrogen and oxygen atoms in total. The normalized spacial score (nSPS) is 13.4. The molecule has 4 heteroatoms. The molecule has 0 saturated heterocycles. The van der Waals surface area contributed by atoms with Crippen LogP contribution in [-0.4, -0.2) is 22.2 Å². The largest absolute Gasteiger partial charge is 0.508 e. The second-order valence-electron chi connectivity index (χ2n) is 5.25. The van der Waals surface area contributed by atoms with Crippen molar-refractivity contribution in [2.24, 2.45) is 5.73 Å². The Morgan fingerprint density at radius 3 is 2.47 bits per heavy atom. The monoisotopic (exact) mass is 237 g/mol. The molecule has 4 N–H and O–H groups in total. The second-order valence-corrected chi connectivity index (χ2v) is 5.25. The first-order chi connectivity index (χ1) is 7.71. The molecule has 1 aromatic rings. The van der Waals surface area contributed by atoms with Gasteiger partial charge < -0.3 is 15.9 Å². The first-order valence-electron chi connectivity index (χ1n) is 5.52. The molecule has 0 aliphatic heterocycles. The molecule has 0 amide bonds. The van der Waals surface area contributed by atoms with Crippen molar-refractivity contribution in [3.8, 4) is 5.75 Å². The number of nitrogens with two attached hydrogens (primary N) is 1. The molecule has 17 heavy (non-hydrogen) atoms. The molecule has 0 aromatic heterocycles. The van der Waals surface area contributed by atoms with Crippen LogP contribution < -0.4 is 5.73 Å². The number of aromatic hydroxyl groups is 1. The maximum Gasteiger partial charge on any atom is 0.320 e. The van der Waals surface area contributed by atoms with E-state index in [0.717, 1.165) is 11.1 Å². The molecule has 0 aliphatic rings. The molecule has 1 atom stereocenters. The Kier molecular flexibility index (Phi) is 3.78. The van der Waals surface area contributed by atoms with Gasteiger partial charge in [0, 0.05) is 0 Å². The smallest absolute Gasteiger partial charge is 0.320 e. The lowest BCUT2D eigenvalue weighted by Gasteiger charge is -2.21. The lowest BCUT2D eigenvalue weighted by Crippen LogP contribution is -2.32. The zero-order valence-corrected chi connectivity index (χ0v) is 10.4. The van der Waals surface area contributed by atoms with Crippen molar-refractivity contribution in [3.63, 3.8) is 0 Å². The Balaban J connectivity index is 3.01. The summed E-state index contributed by atoms with van der Waals surface area (Å²) in [5.41, 5.74) is 6.92. The standard InChI is InChI=1S/C13H19NO3/c1-13(2,3)9-6-8(4-5-11(9)15)7-10(14)12(16)17/h4-6,10,15H,7,14H2,1-3H3,(H,16,17)/t10-/m0/s1. The number of phenolic OH excluding ortho intramolecular Hbond substituents is 1.